The van der Waals surface area contributed by atoms with Gasteiger partial charge in [-0.25, -0.2) is 4.79 Å². The maximum absolute atomic E-state index is 11.8. The number of carbonyl (C=O) groups excluding carboxylic acids is 3. The van der Waals surface area contributed by atoms with Crippen LogP contribution in [-0.2, 0) is 14.3 Å². The molecule has 0 N–H and O–H groups in total. The first kappa shape index (κ1) is 13.7. The molecule has 0 aromatic heterocycles. The minimum absolute atomic E-state index is 0.180. The molecule has 1 aliphatic rings. The Balaban J connectivity index is 2.24. The monoisotopic (exact) mass is 272 g/mol. The summed E-state index contributed by atoms with van der Waals surface area (Å²) in [6.07, 6.45) is -0.501. The van der Waals surface area contributed by atoms with Crippen LogP contribution in [0.3, 0.4) is 0 Å². The largest absolute Gasteiger partial charge is 0.444 e. The molecular weight excluding hydrogens is 260 g/mol. The molecule has 0 aliphatic carbocycles. The minimum Gasteiger partial charge on any atom is -0.444 e. The fourth-order valence-corrected chi connectivity index (χ4v) is 1.89. The van der Waals surface area contributed by atoms with E-state index in [1.807, 2.05) is 0 Å². The second-order valence-corrected chi connectivity index (χ2v) is 4.35. The lowest BCUT2D eigenvalue weighted by atomic mass is 10.2. The third-order valence-electron chi connectivity index (χ3n) is 2.86. The van der Waals surface area contributed by atoms with Crippen LogP contribution in [-0.4, -0.2) is 23.9 Å². The average Bonchev–Trinajstić information content (AvgIpc) is 2.78. The number of imide groups is 1. The first-order valence-corrected chi connectivity index (χ1v) is 6.09. The summed E-state index contributed by atoms with van der Waals surface area (Å²) in [5.41, 5.74) is 0.536. The zero-order valence-electron chi connectivity index (χ0n) is 10.8. The van der Waals surface area contributed by atoms with E-state index in [1.54, 1.807) is 18.2 Å². The number of anilines is 1. The minimum atomic E-state index is -0.860. The first-order chi connectivity index (χ1) is 9.52. The second kappa shape index (κ2) is 5.53. The van der Waals surface area contributed by atoms with Crippen molar-refractivity contribution in [3.63, 3.8) is 0 Å². The number of rotatable bonds is 3. The van der Waals surface area contributed by atoms with E-state index < -0.39 is 12.1 Å². The lowest BCUT2D eigenvalue weighted by Crippen LogP contribution is -2.28. The molecule has 20 heavy (non-hydrogen) atoms. The maximum Gasteiger partial charge on any atom is 0.339 e. The summed E-state index contributed by atoms with van der Waals surface area (Å²) < 4.78 is 4.87. The summed E-state index contributed by atoms with van der Waals surface area (Å²) >= 11 is 0. The fourth-order valence-electron chi connectivity index (χ4n) is 1.89. The van der Waals surface area contributed by atoms with Gasteiger partial charge in [0.2, 0.25) is 11.8 Å². The molecule has 2 amide bonds. The molecule has 2 rings (SSSR count). The molecule has 1 aromatic carbocycles. The van der Waals surface area contributed by atoms with Gasteiger partial charge in [0.15, 0.2) is 6.10 Å². The summed E-state index contributed by atoms with van der Waals surface area (Å²) in [5.74, 6) is -1.24. The van der Waals surface area contributed by atoms with Gasteiger partial charge in [-0.15, -0.1) is 0 Å². The molecule has 6 heteroatoms. The van der Waals surface area contributed by atoms with Gasteiger partial charge in [0.25, 0.3) is 0 Å². The van der Waals surface area contributed by atoms with E-state index in [4.69, 9.17) is 10.00 Å². The van der Waals surface area contributed by atoms with Gasteiger partial charge in [0, 0.05) is 12.8 Å². The Bertz CT molecular complexity index is 602. The van der Waals surface area contributed by atoms with Gasteiger partial charge in [0.05, 0.1) is 11.3 Å². The molecule has 1 fully saturated rings. The fraction of sp³-hybridized carbons (Fsp3) is 0.286. The summed E-state index contributed by atoms with van der Waals surface area (Å²) in [4.78, 5) is 36.1. The second-order valence-electron chi connectivity index (χ2n) is 4.35. The van der Waals surface area contributed by atoms with E-state index in [0.29, 0.717) is 5.69 Å². The predicted octanol–water partition coefficient (Wildman–Crippen LogP) is 1.41. The summed E-state index contributed by atoms with van der Waals surface area (Å²) in [6, 6.07) is 7.83. The lowest BCUT2D eigenvalue weighted by molar-refractivity contribution is -0.121. The van der Waals surface area contributed by atoms with E-state index in [-0.39, 0.29) is 30.2 Å². The van der Waals surface area contributed by atoms with Crippen molar-refractivity contribution in [3.05, 3.63) is 29.8 Å². The highest BCUT2D eigenvalue weighted by Gasteiger charge is 2.30. The third kappa shape index (κ3) is 2.67. The van der Waals surface area contributed by atoms with Crippen LogP contribution in [0.2, 0.25) is 0 Å². The smallest absolute Gasteiger partial charge is 0.339 e. The number of benzene rings is 1. The molecule has 0 saturated carbocycles. The van der Waals surface area contributed by atoms with Gasteiger partial charge < -0.3 is 4.74 Å². The topological polar surface area (TPSA) is 87.5 Å². The summed E-state index contributed by atoms with van der Waals surface area (Å²) in [7, 11) is 0. The molecule has 6 nitrogen and oxygen atoms in total. The van der Waals surface area contributed by atoms with Crippen molar-refractivity contribution >= 4 is 23.5 Å². The van der Waals surface area contributed by atoms with Gasteiger partial charge in [0.1, 0.15) is 6.07 Å². The quantitative estimate of drug-likeness (QED) is 0.613. The number of carbonyl (C=O) groups is 3. The van der Waals surface area contributed by atoms with E-state index >= 15 is 0 Å². The number of nitrogens with zero attached hydrogens (tertiary/aromatic N) is 2. The van der Waals surface area contributed by atoms with E-state index in [9.17, 15) is 14.4 Å². The van der Waals surface area contributed by atoms with Gasteiger partial charge in [-0.2, -0.15) is 5.26 Å². The lowest BCUT2D eigenvalue weighted by Gasteiger charge is -2.14. The molecule has 1 atom stereocenters. The highest BCUT2D eigenvalue weighted by Crippen LogP contribution is 2.23. The van der Waals surface area contributed by atoms with Crippen LogP contribution >= 0.6 is 0 Å². The molecule has 0 bridgehead atoms. The highest BCUT2D eigenvalue weighted by atomic mass is 16.5. The number of amides is 2. The predicted molar refractivity (Wildman–Crippen MR) is 68.7 cm³/mol. The van der Waals surface area contributed by atoms with Crippen molar-refractivity contribution in [1.29, 1.82) is 5.26 Å². The Morgan fingerprint density at radius 2 is 2.00 bits per heavy atom. The van der Waals surface area contributed by atoms with E-state index in [0.717, 1.165) is 4.90 Å². The Morgan fingerprint density at radius 1 is 1.35 bits per heavy atom. The molecular formula is C14H12N2O4. The molecule has 102 valence electrons. The molecule has 1 saturated heterocycles. The standard InChI is InChI=1S/C14H12N2O4/c1-9(8-15)20-14(19)10-3-2-4-11(7-10)16-12(17)5-6-13(16)18/h2-4,7,9H,5-6H2,1H3/t9-/m1/s1. The number of esters is 1. The van der Waals surface area contributed by atoms with E-state index in [2.05, 4.69) is 0 Å². The molecule has 1 heterocycles. The van der Waals surface area contributed by atoms with Crippen LogP contribution in [0.4, 0.5) is 5.69 Å². The molecule has 0 unspecified atom stereocenters. The van der Waals surface area contributed by atoms with Gasteiger partial charge in [-0.05, 0) is 25.1 Å². The number of hydrogen-bond acceptors (Lipinski definition) is 5. The Morgan fingerprint density at radius 3 is 2.60 bits per heavy atom. The third-order valence-corrected chi connectivity index (χ3v) is 2.86. The SMILES string of the molecule is C[C@H](C#N)OC(=O)c1cccc(N2C(=O)CCC2=O)c1. The van der Waals surface area contributed by atoms with Crippen LogP contribution in [0.5, 0.6) is 0 Å². The zero-order valence-corrected chi connectivity index (χ0v) is 10.8. The Labute approximate surface area is 115 Å². The summed E-state index contributed by atoms with van der Waals surface area (Å²) in [6.45, 7) is 1.45. The number of hydrogen-bond donors (Lipinski definition) is 0. The molecule has 0 spiro atoms. The molecule has 1 aliphatic heterocycles. The van der Waals surface area contributed by atoms with Crippen molar-refractivity contribution in [2.24, 2.45) is 0 Å². The summed E-state index contributed by atoms with van der Waals surface area (Å²) in [5, 5.41) is 8.60. The maximum atomic E-state index is 11.8. The van der Waals surface area contributed by atoms with Crippen LogP contribution in [0.1, 0.15) is 30.1 Å². The van der Waals surface area contributed by atoms with Crippen LogP contribution in [0.25, 0.3) is 0 Å². The van der Waals surface area contributed by atoms with Crippen LogP contribution < -0.4 is 4.90 Å². The number of nitriles is 1. The number of ether oxygens (including phenoxy) is 1. The van der Waals surface area contributed by atoms with Gasteiger partial charge in [-0.1, -0.05) is 6.07 Å². The molecule has 1 aromatic rings. The van der Waals surface area contributed by atoms with Crippen molar-refractivity contribution in [2.45, 2.75) is 25.9 Å². The van der Waals surface area contributed by atoms with Gasteiger partial charge in [-0.3, -0.25) is 14.5 Å². The van der Waals surface area contributed by atoms with E-state index in [1.165, 1.54) is 19.1 Å². The van der Waals surface area contributed by atoms with Crippen molar-refractivity contribution in [3.8, 4) is 6.07 Å². The highest BCUT2D eigenvalue weighted by molar-refractivity contribution is 6.20. The van der Waals surface area contributed by atoms with Crippen LogP contribution in [0, 0.1) is 11.3 Å². The van der Waals surface area contributed by atoms with Crippen LogP contribution in [0.15, 0.2) is 24.3 Å². The zero-order chi connectivity index (χ0) is 14.7. The molecule has 0 radical (unpaired) electrons. The Kier molecular flexibility index (Phi) is 3.80. The van der Waals surface area contributed by atoms with Crippen molar-refractivity contribution in [2.75, 3.05) is 4.90 Å². The first-order valence-electron chi connectivity index (χ1n) is 6.09. The Hall–Kier alpha value is -2.68. The van der Waals surface area contributed by atoms with Crippen molar-refractivity contribution < 1.29 is 19.1 Å². The van der Waals surface area contributed by atoms with Gasteiger partial charge >= 0.3 is 5.97 Å². The average molecular weight is 272 g/mol. The van der Waals surface area contributed by atoms with Crippen molar-refractivity contribution in [1.82, 2.24) is 0 Å². The normalized spacial score (nSPS) is 15.9.